The van der Waals surface area contributed by atoms with Gasteiger partial charge in [0.15, 0.2) is 5.79 Å². The summed E-state index contributed by atoms with van der Waals surface area (Å²) in [6.07, 6.45) is -3.14. The van der Waals surface area contributed by atoms with Gasteiger partial charge in [0.05, 0.1) is 12.7 Å². The van der Waals surface area contributed by atoms with E-state index < -0.39 is 30.7 Å². The first kappa shape index (κ1) is 9.88. The van der Waals surface area contributed by atoms with Gasteiger partial charge >= 0.3 is 0 Å². The van der Waals surface area contributed by atoms with Crippen molar-refractivity contribution in [3.63, 3.8) is 0 Å². The smallest absolute Gasteiger partial charge is 0.165 e. The van der Waals surface area contributed by atoms with E-state index >= 15 is 0 Å². The lowest BCUT2D eigenvalue weighted by molar-refractivity contribution is -0.296. The van der Waals surface area contributed by atoms with E-state index in [0.717, 1.165) is 0 Å². The predicted molar refractivity (Wildman–Crippen MR) is 39.2 cm³/mol. The molecular formula is C7H14O5. The van der Waals surface area contributed by atoms with Crippen LogP contribution in [0.4, 0.5) is 0 Å². The molecule has 0 amide bonds. The molecule has 1 aliphatic rings. The van der Waals surface area contributed by atoms with Crippen molar-refractivity contribution >= 4 is 0 Å². The molecule has 1 rings (SSSR count). The van der Waals surface area contributed by atoms with Crippen LogP contribution >= 0.6 is 0 Å². The lowest BCUT2D eigenvalue weighted by atomic mass is 9.97. The van der Waals surface area contributed by atoms with E-state index in [2.05, 4.69) is 0 Å². The van der Waals surface area contributed by atoms with Crippen molar-refractivity contribution in [2.24, 2.45) is 0 Å². The van der Waals surface area contributed by atoms with Gasteiger partial charge in [0.1, 0.15) is 12.2 Å². The summed E-state index contributed by atoms with van der Waals surface area (Å²) < 4.78 is 4.90. The van der Waals surface area contributed by atoms with Crippen molar-refractivity contribution < 1.29 is 25.2 Å². The van der Waals surface area contributed by atoms with Gasteiger partial charge in [0, 0.05) is 6.42 Å². The Bertz CT molecular complexity index is 158. The van der Waals surface area contributed by atoms with E-state index in [-0.39, 0.29) is 6.42 Å². The largest absolute Gasteiger partial charge is 0.394 e. The SMILES string of the molecule is C[C@]1(O)C[C@@H](O)[C@H](O)[C@@H](CO)O1. The van der Waals surface area contributed by atoms with Gasteiger partial charge in [-0.05, 0) is 6.92 Å². The molecule has 0 unspecified atom stereocenters. The molecule has 1 heterocycles. The van der Waals surface area contributed by atoms with Crippen LogP contribution in [0.5, 0.6) is 0 Å². The van der Waals surface area contributed by atoms with Crippen LogP contribution in [-0.2, 0) is 4.74 Å². The molecule has 12 heavy (non-hydrogen) atoms. The van der Waals surface area contributed by atoms with Crippen molar-refractivity contribution in [3.05, 3.63) is 0 Å². The van der Waals surface area contributed by atoms with E-state index in [4.69, 9.17) is 9.84 Å². The third kappa shape index (κ3) is 1.94. The summed E-state index contributed by atoms with van der Waals surface area (Å²) in [5.41, 5.74) is 0. The Morgan fingerprint density at radius 3 is 2.58 bits per heavy atom. The van der Waals surface area contributed by atoms with Crippen LogP contribution in [-0.4, -0.2) is 51.1 Å². The number of hydrogen-bond acceptors (Lipinski definition) is 5. The Kier molecular flexibility index (Phi) is 2.70. The molecule has 0 spiro atoms. The fourth-order valence-corrected chi connectivity index (χ4v) is 1.35. The highest BCUT2D eigenvalue weighted by molar-refractivity contribution is 4.86. The van der Waals surface area contributed by atoms with Crippen LogP contribution < -0.4 is 0 Å². The Balaban J connectivity index is 2.65. The lowest BCUT2D eigenvalue weighted by Gasteiger charge is -2.39. The second-order valence-corrected chi connectivity index (χ2v) is 3.28. The van der Waals surface area contributed by atoms with E-state index in [1.54, 1.807) is 0 Å². The minimum Gasteiger partial charge on any atom is -0.394 e. The summed E-state index contributed by atoms with van der Waals surface area (Å²) in [7, 11) is 0. The number of ether oxygens (including phenoxy) is 1. The monoisotopic (exact) mass is 178 g/mol. The maximum atomic E-state index is 9.36. The Labute approximate surface area is 70.2 Å². The number of aliphatic hydroxyl groups is 4. The molecule has 1 saturated heterocycles. The zero-order valence-electron chi connectivity index (χ0n) is 6.84. The highest BCUT2D eigenvalue weighted by Gasteiger charge is 2.41. The molecule has 5 heteroatoms. The molecule has 0 aromatic rings. The standard InChI is InChI=1S/C7H14O5/c1-7(11)2-4(9)6(10)5(3-8)12-7/h4-6,8-11H,2-3H2,1H3/t4-,5-,6+,7-/m1/s1. The van der Waals surface area contributed by atoms with Crippen LogP contribution in [0.15, 0.2) is 0 Å². The maximum Gasteiger partial charge on any atom is 0.165 e. The van der Waals surface area contributed by atoms with E-state index in [0.29, 0.717) is 0 Å². The summed E-state index contributed by atoms with van der Waals surface area (Å²) in [4.78, 5) is 0. The maximum absolute atomic E-state index is 9.36. The first-order valence-electron chi connectivity index (χ1n) is 3.83. The predicted octanol–water partition coefficient (Wildman–Crippen LogP) is -1.80. The molecule has 0 saturated carbocycles. The van der Waals surface area contributed by atoms with Gasteiger partial charge in [-0.3, -0.25) is 0 Å². The molecule has 1 fully saturated rings. The molecule has 5 nitrogen and oxygen atoms in total. The van der Waals surface area contributed by atoms with Crippen molar-refractivity contribution in [2.75, 3.05) is 6.61 Å². The van der Waals surface area contributed by atoms with Gasteiger partial charge in [-0.2, -0.15) is 0 Å². The average Bonchev–Trinajstić information content (AvgIpc) is 1.96. The van der Waals surface area contributed by atoms with E-state index in [9.17, 15) is 15.3 Å². The third-order valence-electron chi connectivity index (χ3n) is 1.95. The second-order valence-electron chi connectivity index (χ2n) is 3.28. The zero-order valence-corrected chi connectivity index (χ0v) is 6.84. The molecule has 0 bridgehead atoms. The van der Waals surface area contributed by atoms with Crippen molar-refractivity contribution in [1.29, 1.82) is 0 Å². The average molecular weight is 178 g/mol. The fraction of sp³-hybridized carbons (Fsp3) is 1.00. The van der Waals surface area contributed by atoms with Crippen molar-refractivity contribution in [3.8, 4) is 0 Å². The summed E-state index contributed by atoms with van der Waals surface area (Å²) in [5.74, 6) is -1.47. The summed E-state index contributed by atoms with van der Waals surface area (Å²) >= 11 is 0. The van der Waals surface area contributed by atoms with Gasteiger partial charge in [0.25, 0.3) is 0 Å². The highest BCUT2D eigenvalue weighted by Crippen LogP contribution is 2.26. The van der Waals surface area contributed by atoms with Crippen LogP contribution in [0, 0.1) is 0 Å². The quantitative estimate of drug-likeness (QED) is 0.380. The normalized spacial score (nSPS) is 49.2. The molecular weight excluding hydrogens is 164 g/mol. The van der Waals surface area contributed by atoms with Crippen molar-refractivity contribution in [2.45, 2.75) is 37.4 Å². The van der Waals surface area contributed by atoms with Gasteiger partial charge in [0.2, 0.25) is 0 Å². The molecule has 0 aliphatic carbocycles. The van der Waals surface area contributed by atoms with Crippen LogP contribution in [0.2, 0.25) is 0 Å². The fourth-order valence-electron chi connectivity index (χ4n) is 1.35. The minimum atomic E-state index is -1.47. The van der Waals surface area contributed by atoms with Gasteiger partial charge in [-0.25, -0.2) is 0 Å². The van der Waals surface area contributed by atoms with Crippen LogP contribution in [0.25, 0.3) is 0 Å². The van der Waals surface area contributed by atoms with Gasteiger partial charge in [-0.1, -0.05) is 0 Å². The minimum absolute atomic E-state index is 0.0509. The van der Waals surface area contributed by atoms with E-state index in [1.165, 1.54) is 6.92 Å². The first-order valence-corrected chi connectivity index (χ1v) is 3.83. The highest BCUT2D eigenvalue weighted by atomic mass is 16.6. The Morgan fingerprint density at radius 1 is 1.50 bits per heavy atom. The topological polar surface area (TPSA) is 90.2 Å². The van der Waals surface area contributed by atoms with Crippen LogP contribution in [0.3, 0.4) is 0 Å². The summed E-state index contributed by atoms with van der Waals surface area (Å²) in [5, 5.41) is 36.5. The third-order valence-corrected chi connectivity index (χ3v) is 1.95. The molecule has 0 aromatic carbocycles. The zero-order chi connectivity index (χ0) is 9.35. The molecule has 4 N–H and O–H groups in total. The molecule has 0 radical (unpaired) electrons. The van der Waals surface area contributed by atoms with Gasteiger partial charge in [-0.15, -0.1) is 0 Å². The summed E-state index contributed by atoms with van der Waals surface area (Å²) in [6.45, 7) is 0.957. The molecule has 4 atom stereocenters. The summed E-state index contributed by atoms with van der Waals surface area (Å²) in [6, 6.07) is 0. The number of aliphatic hydroxyl groups excluding tert-OH is 3. The van der Waals surface area contributed by atoms with Crippen molar-refractivity contribution in [1.82, 2.24) is 0 Å². The molecule has 0 aromatic heterocycles. The molecule has 1 aliphatic heterocycles. The number of rotatable bonds is 1. The van der Waals surface area contributed by atoms with Gasteiger partial charge < -0.3 is 25.2 Å². The first-order chi connectivity index (χ1) is 5.46. The van der Waals surface area contributed by atoms with E-state index in [1.807, 2.05) is 0 Å². The molecule has 72 valence electrons. The van der Waals surface area contributed by atoms with Crippen LogP contribution in [0.1, 0.15) is 13.3 Å². The lowest BCUT2D eigenvalue weighted by Crippen LogP contribution is -2.54. The Morgan fingerprint density at radius 2 is 2.08 bits per heavy atom. The Hall–Kier alpha value is -0.200. The second kappa shape index (κ2) is 3.27. The number of hydrogen-bond donors (Lipinski definition) is 4.